The molecule has 1 N–H and O–H groups in total. The van der Waals surface area contributed by atoms with Crippen LogP contribution in [0.15, 0.2) is 30.3 Å². The number of benzene rings is 1. The number of piperidine rings is 1. The molecule has 2 atom stereocenters. The van der Waals surface area contributed by atoms with Gasteiger partial charge in [-0.3, -0.25) is 4.79 Å². The number of carbonyl (C=O) groups excluding carboxylic acids is 1. The minimum Gasteiger partial charge on any atom is -0.481 e. The Labute approximate surface area is 129 Å². The Morgan fingerprint density at radius 1 is 1.18 bits per heavy atom. The van der Waals surface area contributed by atoms with Crippen LogP contribution in [0.1, 0.15) is 31.2 Å². The zero-order valence-corrected chi connectivity index (χ0v) is 12.5. The molecule has 0 radical (unpaired) electrons. The molecule has 1 aromatic rings. The summed E-state index contributed by atoms with van der Waals surface area (Å²) >= 11 is 0. The van der Waals surface area contributed by atoms with Gasteiger partial charge in [-0.2, -0.15) is 0 Å². The third-order valence-corrected chi connectivity index (χ3v) is 4.55. The Morgan fingerprint density at radius 3 is 2.55 bits per heavy atom. The minimum atomic E-state index is -0.794. The second-order valence-corrected chi connectivity index (χ2v) is 6.15. The maximum absolute atomic E-state index is 12.4. The third kappa shape index (κ3) is 3.24. The van der Waals surface area contributed by atoms with Gasteiger partial charge in [0.1, 0.15) is 6.61 Å². The van der Waals surface area contributed by atoms with Gasteiger partial charge in [0, 0.05) is 6.54 Å². The molecule has 2 aliphatic rings. The van der Waals surface area contributed by atoms with E-state index in [2.05, 4.69) is 0 Å². The number of likely N-dealkylation sites (tertiary alicyclic amines) is 1. The Morgan fingerprint density at radius 2 is 1.91 bits per heavy atom. The van der Waals surface area contributed by atoms with Gasteiger partial charge in [-0.15, -0.1) is 0 Å². The molecule has 22 heavy (non-hydrogen) atoms. The number of ether oxygens (including phenoxy) is 1. The summed E-state index contributed by atoms with van der Waals surface area (Å²) in [6.07, 6.45) is 3.01. The Kier molecular flexibility index (Phi) is 4.32. The SMILES string of the molecule is O=C(O)[C@H]1CCCN(C(=O)OCc2ccccc2)[C@H]1C1CC1. The summed E-state index contributed by atoms with van der Waals surface area (Å²) in [5.74, 6) is -0.923. The summed E-state index contributed by atoms with van der Waals surface area (Å²) in [6.45, 7) is 0.823. The van der Waals surface area contributed by atoms with Gasteiger partial charge in [0.15, 0.2) is 0 Å². The summed E-state index contributed by atoms with van der Waals surface area (Å²) in [6, 6.07) is 9.32. The van der Waals surface area contributed by atoms with Crippen molar-refractivity contribution in [1.29, 1.82) is 0 Å². The van der Waals surface area contributed by atoms with Gasteiger partial charge in [0.2, 0.25) is 0 Å². The lowest BCUT2D eigenvalue weighted by Gasteiger charge is -2.39. The fraction of sp³-hybridized carbons (Fsp3) is 0.529. The van der Waals surface area contributed by atoms with Crippen molar-refractivity contribution in [1.82, 2.24) is 4.90 Å². The van der Waals surface area contributed by atoms with Crippen LogP contribution in [0.2, 0.25) is 0 Å². The smallest absolute Gasteiger partial charge is 0.410 e. The summed E-state index contributed by atoms with van der Waals surface area (Å²) in [5, 5.41) is 9.41. The van der Waals surface area contributed by atoms with Crippen LogP contribution in [0.5, 0.6) is 0 Å². The number of amides is 1. The number of rotatable bonds is 4. The van der Waals surface area contributed by atoms with Crippen LogP contribution >= 0.6 is 0 Å². The molecule has 1 aliphatic heterocycles. The second-order valence-electron chi connectivity index (χ2n) is 6.15. The van der Waals surface area contributed by atoms with Gasteiger partial charge in [-0.05, 0) is 37.2 Å². The average molecular weight is 303 g/mol. The van der Waals surface area contributed by atoms with Crippen molar-refractivity contribution in [2.75, 3.05) is 6.54 Å². The van der Waals surface area contributed by atoms with Crippen LogP contribution in [-0.4, -0.2) is 34.7 Å². The van der Waals surface area contributed by atoms with Crippen LogP contribution in [0.4, 0.5) is 4.79 Å². The number of hydrogen-bond acceptors (Lipinski definition) is 3. The molecule has 1 aliphatic carbocycles. The maximum atomic E-state index is 12.4. The predicted molar refractivity (Wildman–Crippen MR) is 80.2 cm³/mol. The monoisotopic (exact) mass is 303 g/mol. The first-order chi connectivity index (χ1) is 10.7. The van der Waals surface area contributed by atoms with Crippen molar-refractivity contribution in [3.8, 4) is 0 Å². The lowest BCUT2D eigenvalue weighted by Crippen LogP contribution is -2.52. The molecule has 1 amide bonds. The van der Waals surface area contributed by atoms with Crippen LogP contribution < -0.4 is 0 Å². The average Bonchev–Trinajstić information content (AvgIpc) is 3.37. The zero-order chi connectivity index (χ0) is 15.5. The van der Waals surface area contributed by atoms with Crippen LogP contribution in [0.3, 0.4) is 0 Å². The highest BCUT2D eigenvalue weighted by Gasteiger charge is 2.47. The Balaban J connectivity index is 1.65. The van der Waals surface area contributed by atoms with E-state index < -0.39 is 11.9 Å². The molecule has 2 fully saturated rings. The second kappa shape index (κ2) is 6.38. The predicted octanol–water partition coefficient (Wildman–Crippen LogP) is 2.90. The van der Waals surface area contributed by atoms with Gasteiger partial charge in [-0.1, -0.05) is 30.3 Å². The molecule has 0 spiro atoms. The van der Waals surface area contributed by atoms with Crippen molar-refractivity contribution in [2.24, 2.45) is 11.8 Å². The van der Waals surface area contributed by atoms with E-state index in [0.717, 1.165) is 24.8 Å². The minimum absolute atomic E-state index is 0.200. The number of carboxylic acids is 1. The topological polar surface area (TPSA) is 66.8 Å². The first kappa shape index (κ1) is 14.9. The fourth-order valence-corrected chi connectivity index (χ4v) is 3.32. The zero-order valence-electron chi connectivity index (χ0n) is 12.5. The normalized spacial score (nSPS) is 24.8. The van der Waals surface area contributed by atoms with E-state index in [1.807, 2.05) is 30.3 Å². The first-order valence-corrected chi connectivity index (χ1v) is 7.87. The van der Waals surface area contributed by atoms with Crippen molar-refractivity contribution in [3.05, 3.63) is 35.9 Å². The molecule has 118 valence electrons. The maximum Gasteiger partial charge on any atom is 0.410 e. The molecule has 5 heteroatoms. The molecular formula is C17H21NO4. The van der Waals surface area contributed by atoms with Gasteiger partial charge in [0.25, 0.3) is 0 Å². The van der Waals surface area contributed by atoms with E-state index in [-0.39, 0.29) is 18.7 Å². The van der Waals surface area contributed by atoms with E-state index in [9.17, 15) is 14.7 Å². The number of carboxylic acid groups (broad SMARTS) is 1. The van der Waals surface area contributed by atoms with E-state index in [1.165, 1.54) is 0 Å². The van der Waals surface area contributed by atoms with E-state index in [4.69, 9.17) is 4.74 Å². The van der Waals surface area contributed by atoms with Gasteiger partial charge in [-0.25, -0.2) is 4.79 Å². The van der Waals surface area contributed by atoms with Crippen molar-refractivity contribution < 1.29 is 19.4 Å². The quantitative estimate of drug-likeness (QED) is 0.928. The highest BCUT2D eigenvalue weighted by Crippen LogP contribution is 2.42. The van der Waals surface area contributed by atoms with Crippen LogP contribution in [0.25, 0.3) is 0 Å². The summed E-state index contributed by atoms with van der Waals surface area (Å²) in [4.78, 5) is 25.5. The molecule has 3 rings (SSSR count). The van der Waals surface area contributed by atoms with Gasteiger partial charge in [0.05, 0.1) is 12.0 Å². The van der Waals surface area contributed by atoms with Crippen molar-refractivity contribution in [3.63, 3.8) is 0 Å². The molecule has 0 unspecified atom stereocenters. The highest BCUT2D eigenvalue weighted by atomic mass is 16.6. The van der Waals surface area contributed by atoms with E-state index >= 15 is 0 Å². The first-order valence-electron chi connectivity index (χ1n) is 7.87. The molecular weight excluding hydrogens is 282 g/mol. The summed E-state index contributed by atoms with van der Waals surface area (Å²) in [7, 11) is 0. The number of nitrogens with zero attached hydrogens (tertiary/aromatic N) is 1. The van der Waals surface area contributed by atoms with E-state index in [1.54, 1.807) is 4.90 Å². The molecule has 1 saturated carbocycles. The molecule has 5 nitrogen and oxygen atoms in total. The number of aliphatic carboxylic acids is 1. The summed E-state index contributed by atoms with van der Waals surface area (Å²) < 4.78 is 5.40. The number of hydrogen-bond donors (Lipinski definition) is 1. The molecule has 1 aromatic carbocycles. The lowest BCUT2D eigenvalue weighted by atomic mass is 9.86. The highest BCUT2D eigenvalue weighted by molar-refractivity contribution is 5.74. The summed E-state index contributed by atoms with van der Waals surface area (Å²) in [5.41, 5.74) is 0.936. The van der Waals surface area contributed by atoms with Gasteiger partial charge >= 0.3 is 12.1 Å². The number of carbonyl (C=O) groups is 2. The Bertz CT molecular complexity index is 541. The molecule has 1 heterocycles. The molecule has 0 bridgehead atoms. The Hall–Kier alpha value is -2.04. The van der Waals surface area contributed by atoms with Crippen LogP contribution in [0, 0.1) is 11.8 Å². The van der Waals surface area contributed by atoms with Gasteiger partial charge < -0.3 is 14.7 Å². The van der Waals surface area contributed by atoms with Crippen molar-refractivity contribution in [2.45, 2.75) is 38.3 Å². The van der Waals surface area contributed by atoms with Crippen LogP contribution in [-0.2, 0) is 16.1 Å². The van der Waals surface area contributed by atoms with Crippen molar-refractivity contribution >= 4 is 12.1 Å². The fourth-order valence-electron chi connectivity index (χ4n) is 3.32. The largest absolute Gasteiger partial charge is 0.481 e. The molecule has 0 aromatic heterocycles. The lowest BCUT2D eigenvalue weighted by molar-refractivity contribution is -0.146. The standard InChI is InChI=1S/C17H21NO4/c19-16(20)14-7-4-10-18(15(14)13-8-9-13)17(21)22-11-12-5-2-1-3-6-12/h1-3,5-6,13-15H,4,7-11H2,(H,19,20)/t14-,15-/m0/s1. The third-order valence-electron chi connectivity index (χ3n) is 4.55. The molecule has 1 saturated heterocycles. The van der Waals surface area contributed by atoms with E-state index in [0.29, 0.717) is 18.9 Å².